The molecule has 0 bridgehead atoms. The second-order valence-electron chi connectivity index (χ2n) is 6.21. The molecule has 0 spiro atoms. The monoisotopic (exact) mass is 415 g/mol. The maximum Gasteiger partial charge on any atom is 0.416 e. The van der Waals surface area contributed by atoms with E-state index < -0.39 is 16.7 Å². The number of alkyl halides is 3. The molecule has 3 aromatic rings. The molecular formula is C25H12F3NO2. The van der Waals surface area contributed by atoms with Gasteiger partial charge in [-0.2, -0.15) is 13.2 Å². The highest BCUT2D eigenvalue weighted by Gasteiger charge is 2.29. The fraction of sp³-hybridized carbons (Fsp3) is 0.0400. The highest BCUT2D eigenvalue weighted by molar-refractivity contribution is 5.50. The zero-order valence-corrected chi connectivity index (χ0v) is 15.8. The minimum Gasteiger partial charge on any atom is -0.258 e. The molecule has 3 nitrogen and oxygen atoms in total. The summed E-state index contributed by atoms with van der Waals surface area (Å²) in [5, 5.41) is 10.8. The molecule has 0 unspecified atom stereocenters. The Bertz CT molecular complexity index is 1290. The Labute approximate surface area is 176 Å². The van der Waals surface area contributed by atoms with Crippen LogP contribution in [0.2, 0.25) is 0 Å². The van der Waals surface area contributed by atoms with E-state index in [2.05, 4.69) is 35.5 Å². The fourth-order valence-electron chi connectivity index (χ4n) is 2.43. The first-order valence-corrected chi connectivity index (χ1v) is 8.87. The lowest BCUT2D eigenvalue weighted by Crippen LogP contribution is -2.03. The molecule has 0 atom stereocenters. The fourth-order valence-corrected chi connectivity index (χ4v) is 2.43. The van der Waals surface area contributed by atoms with E-state index in [9.17, 15) is 23.3 Å². The number of benzene rings is 3. The second kappa shape index (κ2) is 9.35. The first kappa shape index (κ1) is 21.2. The van der Waals surface area contributed by atoms with Crippen LogP contribution in [0.4, 0.5) is 18.9 Å². The van der Waals surface area contributed by atoms with Crippen LogP contribution in [0.5, 0.6) is 0 Å². The van der Waals surface area contributed by atoms with Gasteiger partial charge in [-0.3, -0.25) is 10.1 Å². The highest BCUT2D eigenvalue weighted by atomic mass is 19.4. The summed E-state index contributed by atoms with van der Waals surface area (Å²) >= 11 is 0. The number of nitrogens with zero attached hydrogens (tertiary/aromatic N) is 1. The molecule has 0 radical (unpaired) electrons. The van der Waals surface area contributed by atoms with Crippen molar-refractivity contribution in [1.82, 2.24) is 0 Å². The van der Waals surface area contributed by atoms with Crippen molar-refractivity contribution in [3.63, 3.8) is 0 Å². The van der Waals surface area contributed by atoms with E-state index in [1.165, 1.54) is 24.3 Å². The Kier molecular flexibility index (Phi) is 6.41. The zero-order chi connectivity index (χ0) is 22.3. The molecule has 0 aliphatic heterocycles. The third-order valence-corrected chi connectivity index (χ3v) is 3.98. The molecule has 3 aromatic carbocycles. The van der Waals surface area contributed by atoms with Crippen LogP contribution in [0, 0.1) is 45.6 Å². The molecule has 0 heterocycles. The van der Waals surface area contributed by atoms with Crippen molar-refractivity contribution >= 4 is 5.69 Å². The van der Waals surface area contributed by atoms with Crippen LogP contribution in [0.3, 0.4) is 0 Å². The van der Waals surface area contributed by atoms with Gasteiger partial charge in [0.15, 0.2) is 0 Å². The van der Waals surface area contributed by atoms with Gasteiger partial charge in [-0.05, 0) is 66.4 Å². The molecule has 0 N–H and O–H groups in total. The highest BCUT2D eigenvalue weighted by Crippen LogP contribution is 2.28. The molecular weight excluding hydrogens is 403 g/mol. The number of halogens is 3. The summed E-state index contributed by atoms with van der Waals surface area (Å²) in [6.45, 7) is 0. The number of non-ortho nitro benzene ring substituents is 1. The Balaban J connectivity index is 1.65. The first-order chi connectivity index (χ1) is 14.8. The van der Waals surface area contributed by atoms with Crippen LogP contribution in [0.1, 0.15) is 27.8 Å². The van der Waals surface area contributed by atoms with Crippen molar-refractivity contribution in [1.29, 1.82) is 0 Å². The lowest BCUT2D eigenvalue weighted by atomic mass is 10.1. The summed E-state index contributed by atoms with van der Waals surface area (Å²) in [4.78, 5) is 10.3. The van der Waals surface area contributed by atoms with Gasteiger partial charge in [0, 0.05) is 34.4 Å². The number of nitro groups is 1. The number of rotatable bonds is 1. The lowest BCUT2D eigenvalue weighted by molar-refractivity contribution is -0.384. The molecule has 0 amide bonds. The molecule has 0 aliphatic carbocycles. The molecule has 0 aromatic heterocycles. The maximum atomic E-state index is 12.5. The van der Waals surface area contributed by atoms with Crippen molar-refractivity contribution in [3.8, 4) is 35.5 Å². The van der Waals surface area contributed by atoms with Crippen molar-refractivity contribution in [3.05, 3.63) is 111 Å². The number of hydrogen-bond donors (Lipinski definition) is 0. The van der Waals surface area contributed by atoms with Crippen molar-refractivity contribution in [2.75, 3.05) is 0 Å². The van der Waals surface area contributed by atoms with Gasteiger partial charge in [0.05, 0.1) is 10.5 Å². The van der Waals surface area contributed by atoms with Crippen LogP contribution in [0.15, 0.2) is 72.8 Å². The van der Waals surface area contributed by atoms with Gasteiger partial charge in [0.2, 0.25) is 0 Å². The standard InChI is InChI=1S/C25H12F3NO2/c26-25(27,28)23-16-14-20(15-17-23)5-2-1-4-19-8-10-21(11-9-19)12-13-22-6-3-7-24(18-22)29(30)31/h3,6-11,14-18H. The molecule has 0 saturated heterocycles. The molecule has 0 fully saturated rings. The molecule has 0 saturated carbocycles. The van der Waals surface area contributed by atoms with Crippen LogP contribution in [-0.4, -0.2) is 4.92 Å². The van der Waals surface area contributed by atoms with E-state index in [0.717, 1.165) is 12.1 Å². The summed E-state index contributed by atoms with van der Waals surface area (Å²) in [7, 11) is 0. The van der Waals surface area contributed by atoms with Gasteiger partial charge in [0.25, 0.3) is 5.69 Å². The maximum absolute atomic E-state index is 12.5. The molecule has 0 aliphatic rings. The van der Waals surface area contributed by atoms with E-state index in [0.29, 0.717) is 22.3 Å². The zero-order valence-electron chi connectivity index (χ0n) is 15.8. The van der Waals surface area contributed by atoms with Crippen molar-refractivity contribution < 1.29 is 18.1 Å². The molecule has 6 heteroatoms. The Morgan fingerprint density at radius 2 is 1.16 bits per heavy atom. The van der Waals surface area contributed by atoms with Crippen molar-refractivity contribution in [2.24, 2.45) is 0 Å². The minimum absolute atomic E-state index is 0.0187. The average molecular weight is 415 g/mol. The summed E-state index contributed by atoms with van der Waals surface area (Å²) in [5.41, 5.74) is 1.65. The van der Waals surface area contributed by atoms with E-state index in [4.69, 9.17) is 0 Å². The van der Waals surface area contributed by atoms with E-state index >= 15 is 0 Å². The van der Waals surface area contributed by atoms with Gasteiger partial charge >= 0.3 is 6.18 Å². The molecule has 31 heavy (non-hydrogen) atoms. The number of nitro benzene ring substituents is 1. The summed E-state index contributed by atoms with van der Waals surface area (Å²) in [5.74, 6) is 16.6. The van der Waals surface area contributed by atoms with Crippen molar-refractivity contribution in [2.45, 2.75) is 6.18 Å². The Morgan fingerprint density at radius 3 is 1.68 bits per heavy atom. The lowest BCUT2D eigenvalue weighted by Gasteiger charge is -2.05. The summed E-state index contributed by atoms with van der Waals surface area (Å²) < 4.78 is 37.6. The quantitative estimate of drug-likeness (QED) is 0.303. The first-order valence-electron chi connectivity index (χ1n) is 8.87. The third-order valence-electron chi connectivity index (χ3n) is 3.98. The van der Waals surface area contributed by atoms with Gasteiger partial charge in [-0.25, -0.2) is 0 Å². The molecule has 150 valence electrons. The predicted molar refractivity (Wildman–Crippen MR) is 111 cm³/mol. The SMILES string of the molecule is O=[N+]([O-])c1cccc(C#Cc2ccc(C#CC#Cc3ccc(C(F)(F)F)cc3)cc2)c1. The van der Waals surface area contributed by atoms with Gasteiger partial charge in [0.1, 0.15) is 0 Å². The smallest absolute Gasteiger partial charge is 0.258 e. The average Bonchev–Trinajstić information content (AvgIpc) is 2.76. The Hall–Kier alpha value is -4.47. The second-order valence-corrected chi connectivity index (χ2v) is 6.21. The van der Waals surface area contributed by atoms with E-state index in [1.54, 1.807) is 36.4 Å². The number of hydrogen-bond acceptors (Lipinski definition) is 2. The summed E-state index contributed by atoms with van der Waals surface area (Å²) in [6, 6.07) is 17.7. The molecule has 3 rings (SSSR count). The summed E-state index contributed by atoms with van der Waals surface area (Å²) in [6.07, 6.45) is -4.37. The Morgan fingerprint density at radius 1 is 0.677 bits per heavy atom. The minimum atomic E-state index is -4.37. The normalized spacial score (nSPS) is 9.90. The van der Waals surface area contributed by atoms with Gasteiger partial charge in [-0.15, -0.1) is 0 Å². The van der Waals surface area contributed by atoms with E-state index in [1.807, 2.05) is 0 Å². The van der Waals surface area contributed by atoms with E-state index in [-0.39, 0.29) is 5.69 Å². The largest absolute Gasteiger partial charge is 0.416 e. The van der Waals surface area contributed by atoms with Gasteiger partial charge < -0.3 is 0 Å². The third kappa shape index (κ3) is 6.26. The predicted octanol–water partition coefficient (Wildman–Crippen LogP) is 5.42. The van der Waals surface area contributed by atoms with Crippen LogP contribution in [-0.2, 0) is 6.18 Å². The topological polar surface area (TPSA) is 43.1 Å². The van der Waals surface area contributed by atoms with Crippen LogP contribution >= 0.6 is 0 Å². The van der Waals surface area contributed by atoms with Gasteiger partial charge in [-0.1, -0.05) is 29.7 Å². The van der Waals surface area contributed by atoms with Crippen LogP contribution in [0.25, 0.3) is 0 Å². The van der Waals surface area contributed by atoms with Crippen LogP contribution < -0.4 is 0 Å².